The van der Waals surface area contributed by atoms with Gasteiger partial charge >= 0.3 is 0 Å². The van der Waals surface area contributed by atoms with Gasteiger partial charge in [0, 0.05) is 11.6 Å². The summed E-state index contributed by atoms with van der Waals surface area (Å²) in [6.45, 7) is 2.15. The van der Waals surface area contributed by atoms with Gasteiger partial charge in [-0.05, 0) is 31.6 Å². The summed E-state index contributed by atoms with van der Waals surface area (Å²) in [4.78, 5) is 16.8. The van der Waals surface area contributed by atoms with Crippen molar-refractivity contribution >= 4 is 11.7 Å². The van der Waals surface area contributed by atoms with Crippen molar-refractivity contribution in [3.8, 4) is 0 Å². The Hall–Kier alpha value is -2.04. The first-order valence-corrected chi connectivity index (χ1v) is 7.45. The van der Waals surface area contributed by atoms with E-state index in [9.17, 15) is 4.79 Å². The second-order valence-electron chi connectivity index (χ2n) is 5.64. The number of rotatable bonds is 5. The lowest BCUT2D eigenvalue weighted by Crippen LogP contribution is -2.39. The van der Waals surface area contributed by atoms with E-state index < -0.39 is 0 Å². The van der Waals surface area contributed by atoms with Crippen LogP contribution in [-0.2, 0) is 9.63 Å². The predicted molar refractivity (Wildman–Crippen MR) is 82.7 cm³/mol. The number of oxime groups is 1. The van der Waals surface area contributed by atoms with Crippen LogP contribution in [-0.4, -0.2) is 24.4 Å². The summed E-state index contributed by atoms with van der Waals surface area (Å²) in [5, 5.41) is 6.75. The van der Waals surface area contributed by atoms with Crippen molar-refractivity contribution in [3.05, 3.63) is 35.9 Å². The fourth-order valence-electron chi connectivity index (χ4n) is 2.50. The van der Waals surface area contributed by atoms with Crippen LogP contribution >= 0.6 is 0 Å². The third-order valence-corrected chi connectivity index (χ3v) is 3.81. The van der Waals surface area contributed by atoms with Crippen LogP contribution in [0.1, 0.15) is 38.2 Å². The first-order valence-electron chi connectivity index (χ1n) is 7.45. The van der Waals surface area contributed by atoms with Crippen LogP contribution in [0.3, 0.4) is 0 Å². The number of amidine groups is 1. The molecule has 1 aromatic rings. The highest BCUT2D eigenvalue weighted by molar-refractivity contribution is 5.97. The fraction of sp³-hybridized carbons (Fsp3) is 0.500. The molecule has 2 rings (SSSR count). The Morgan fingerprint density at radius 2 is 1.95 bits per heavy atom. The van der Waals surface area contributed by atoms with Crippen LogP contribution in [0.25, 0.3) is 0 Å². The zero-order chi connectivity index (χ0) is 15.1. The van der Waals surface area contributed by atoms with Gasteiger partial charge in [-0.25, -0.2) is 0 Å². The number of nitrogens with two attached hydrogens (primary N) is 1. The van der Waals surface area contributed by atoms with E-state index in [-0.39, 0.29) is 24.4 Å². The molecule has 1 aliphatic rings. The molecule has 1 fully saturated rings. The van der Waals surface area contributed by atoms with E-state index in [2.05, 4.69) is 17.4 Å². The summed E-state index contributed by atoms with van der Waals surface area (Å²) in [5.74, 6) is 0.902. The van der Waals surface area contributed by atoms with E-state index in [1.54, 1.807) is 0 Å². The molecule has 0 saturated heterocycles. The molecule has 0 unspecified atom stereocenters. The van der Waals surface area contributed by atoms with E-state index in [0.29, 0.717) is 0 Å². The number of carbonyl (C=O) groups is 1. The number of benzene rings is 1. The van der Waals surface area contributed by atoms with Gasteiger partial charge in [-0.1, -0.05) is 42.4 Å². The van der Waals surface area contributed by atoms with Crippen molar-refractivity contribution in [1.29, 1.82) is 0 Å². The van der Waals surface area contributed by atoms with Crippen molar-refractivity contribution < 1.29 is 9.63 Å². The molecule has 21 heavy (non-hydrogen) atoms. The lowest BCUT2D eigenvalue weighted by Gasteiger charge is -2.26. The fourth-order valence-corrected chi connectivity index (χ4v) is 2.50. The summed E-state index contributed by atoms with van der Waals surface area (Å²) in [7, 11) is 0. The molecule has 1 amide bonds. The Morgan fingerprint density at radius 3 is 2.62 bits per heavy atom. The number of hydrogen-bond donors (Lipinski definition) is 2. The Labute approximate surface area is 125 Å². The third kappa shape index (κ3) is 5.10. The smallest absolute Gasteiger partial charge is 0.260 e. The zero-order valence-electron chi connectivity index (χ0n) is 12.4. The summed E-state index contributed by atoms with van der Waals surface area (Å²) in [6, 6.07) is 9.59. The van der Waals surface area contributed by atoms with Crippen molar-refractivity contribution in [3.63, 3.8) is 0 Å². The standard InChI is InChI=1S/C16H23N3O2/c1-12-7-9-14(10-8-12)18-15(20)11-21-19-16(17)13-5-3-2-4-6-13/h2-6,12,14H,7-11H2,1H3,(H2,17,19)(H,18,20). The molecule has 0 heterocycles. The highest BCUT2D eigenvalue weighted by Crippen LogP contribution is 2.23. The third-order valence-electron chi connectivity index (χ3n) is 3.81. The molecule has 1 aliphatic carbocycles. The molecule has 114 valence electrons. The second kappa shape index (κ2) is 7.67. The molecule has 0 aromatic heterocycles. The van der Waals surface area contributed by atoms with Crippen molar-refractivity contribution in [2.45, 2.75) is 38.6 Å². The molecular weight excluding hydrogens is 266 g/mol. The first-order chi connectivity index (χ1) is 10.1. The Bertz CT molecular complexity index is 480. The monoisotopic (exact) mass is 289 g/mol. The van der Waals surface area contributed by atoms with Gasteiger partial charge in [0.05, 0.1) is 0 Å². The van der Waals surface area contributed by atoms with Crippen LogP contribution in [0.5, 0.6) is 0 Å². The van der Waals surface area contributed by atoms with Crippen molar-refractivity contribution in [1.82, 2.24) is 5.32 Å². The minimum absolute atomic E-state index is 0.0976. The van der Waals surface area contributed by atoms with E-state index in [0.717, 1.165) is 24.3 Å². The van der Waals surface area contributed by atoms with Gasteiger partial charge in [-0.2, -0.15) is 0 Å². The molecule has 0 aliphatic heterocycles. The van der Waals surface area contributed by atoms with Gasteiger partial charge in [-0.15, -0.1) is 0 Å². The molecule has 0 atom stereocenters. The van der Waals surface area contributed by atoms with Crippen LogP contribution in [0.4, 0.5) is 0 Å². The Morgan fingerprint density at radius 1 is 1.29 bits per heavy atom. The van der Waals surface area contributed by atoms with Crippen LogP contribution < -0.4 is 11.1 Å². The average Bonchev–Trinajstić information content (AvgIpc) is 2.50. The van der Waals surface area contributed by atoms with Gasteiger partial charge in [0.1, 0.15) is 0 Å². The van der Waals surface area contributed by atoms with Crippen molar-refractivity contribution in [2.24, 2.45) is 16.8 Å². The number of nitrogens with one attached hydrogen (secondary N) is 1. The lowest BCUT2D eigenvalue weighted by atomic mass is 9.87. The Kier molecular flexibility index (Phi) is 5.60. The van der Waals surface area contributed by atoms with Gasteiger partial charge in [0.2, 0.25) is 0 Å². The topological polar surface area (TPSA) is 76.7 Å². The summed E-state index contributed by atoms with van der Waals surface area (Å²) < 4.78 is 0. The number of hydrogen-bond acceptors (Lipinski definition) is 3. The summed E-state index contributed by atoms with van der Waals surface area (Å²) >= 11 is 0. The predicted octanol–water partition coefficient (Wildman–Crippen LogP) is 2.02. The quantitative estimate of drug-likeness (QED) is 0.494. The summed E-state index contributed by atoms with van der Waals surface area (Å²) in [5.41, 5.74) is 6.55. The van der Waals surface area contributed by atoms with E-state index in [4.69, 9.17) is 10.6 Å². The Balaban J connectivity index is 1.72. The molecule has 1 saturated carbocycles. The largest absolute Gasteiger partial charge is 0.384 e. The molecule has 0 radical (unpaired) electrons. The first kappa shape index (κ1) is 15.4. The maximum absolute atomic E-state index is 11.8. The minimum Gasteiger partial charge on any atom is -0.384 e. The minimum atomic E-state index is -0.140. The van der Waals surface area contributed by atoms with E-state index >= 15 is 0 Å². The average molecular weight is 289 g/mol. The second-order valence-corrected chi connectivity index (χ2v) is 5.64. The lowest BCUT2D eigenvalue weighted by molar-refractivity contribution is -0.126. The number of nitrogens with zero attached hydrogens (tertiary/aromatic N) is 1. The number of amides is 1. The molecule has 1 aromatic carbocycles. The summed E-state index contributed by atoms with van der Waals surface area (Å²) in [6.07, 6.45) is 4.43. The zero-order valence-corrected chi connectivity index (χ0v) is 12.4. The van der Waals surface area contributed by atoms with Gasteiger partial charge < -0.3 is 15.9 Å². The van der Waals surface area contributed by atoms with Gasteiger partial charge in [-0.3, -0.25) is 4.79 Å². The molecule has 5 heteroatoms. The van der Waals surface area contributed by atoms with Crippen LogP contribution in [0.15, 0.2) is 35.5 Å². The molecule has 0 bridgehead atoms. The normalized spacial score (nSPS) is 22.6. The van der Waals surface area contributed by atoms with Crippen molar-refractivity contribution in [2.75, 3.05) is 6.61 Å². The SMILES string of the molecule is CC1CCC(NC(=O)CO/N=C(\N)c2ccccc2)CC1. The highest BCUT2D eigenvalue weighted by Gasteiger charge is 2.19. The van der Waals surface area contributed by atoms with Gasteiger partial charge in [0.15, 0.2) is 12.4 Å². The van der Waals surface area contributed by atoms with E-state index in [1.807, 2.05) is 30.3 Å². The maximum atomic E-state index is 11.8. The molecule has 3 N–H and O–H groups in total. The van der Waals surface area contributed by atoms with E-state index in [1.165, 1.54) is 12.8 Å². The number of carbonyl (C=O) groups excluding carboxylic acids is 1. The van der Waals surface area contributed by atoms with Crippen LogP contribution in [0, 0.1) is 5.92 Å². The van der Waals surface area contributed by atoms with Crippen LogP contribution in [0.2, 0.25) is 0 Å². The highest BCUT2D eigenvalue weighted by atomic mass is 16.6. The maximum Gasteiger partial charge on any atom is 0.260 e. The van der Waals surface area contributed by atoms with Gasteiger partial charge in [0.25, 0.3) is 5.91 Å². The molecule has 0 spiro atoms. The molecular formula is C16H23N3O2. The molecule has 5 nitrogen and oxygen atoms in total.